The molecule has 1 atom stereocenters. The zero-order chi connectivity index (χ0) is 16.1. The first-order chi connectivity index (χ1) is 10.3. The zero-order valence-corrected chi connectivity index (χ0v) is 12.1. The Morgan fingerprint density at radius 2 is 2.18 bits per heavy atom. The molecule has 0 radical (unpaired) electrons. The molecule has 1 aromatic carbocycles. The summed E-state index contributed by atoms with van der Waals surface area (Å²) in [6.45, 7) is 3.12. The molecule has 1 heterocycles. The van der Waals surface area contributed by atoms with Gasteiger partial charge in [-0.3, -0.25) is 9.59 Å². The first-order valence-electron chi connectivity index (χ1n) is 6.85. The van der Waals surface area contributed by atoms with Crippen molar-refractivity contribution in [3.8, 4) is 0 Å². The highest BCUT2D eigenvalue weighted by Gasteiger charge is 2.74. The van der Waals surface area contributed by atoms with Crippen LogP contribution in [0.25, 0.3) is 6.08 Å². The van der Waals surface area contributed by atoms with E-state index >= 15 is 0 Å². The average molecular weight is 307 g/mol. The first kappa shape index (κ1) is 14.7. The predicted molar refractivity (Wildman–Crippen MR) is 75.7 cm³/mol. The van der Waals surface area contributed by atoms with Crippen molar-refractivity contribution in [2.45, 2.75) is 17.8 Å². The van der Waals surface area contributed by atoms with Crippen molar-refractivity contribution < 1.29 is 23.1 Å². The van der Waals surface area contributed by atoms with Gasteiger partial charge in [0.05, 0.1) is 12.5 Å². The molecular formula is C16H15F2NO3. The molecule has 1 aromatic rings. The lowest BCUT2D eigenvalue weighted by Gasteiger charge is -2.34. The maximum atomic E-state index is 14.0. The highest BCUT2D eigenvalue weighted by Crippen LogP contribution is 2.63. The van der Waals surface area contributed by atoms with Crippen LogP contribution in [0.15, 0.2) is 24.8 Å². The van der Waals surface area contributed by atoms with Gasteiger partial charge in [0.1, 0.15) is 6.54 Å². The van der Waals surface area contributed by atoms with Crippen molar-refractivity contribution in [1.29, 1.82) is 0 Å². The van der Waals surface area contributed by atoms with Crippen molar-refractivity contribution in [2.24, 2.45) is 0 Å². The van der Waals surface area contributed by atoms with E-state index in [2.05, 4.69) is 11.3 Å². The SMILES string of the molecule is C=Cc1ccc2c(c1)C1(CN(CC(=O)OC)C2=O)CC1(F)F. The molecule has 1 aliphatic heterocycles. The van der Waals surface area contributed by atoms with Gasteiger partial charge in [0.2, 0.25) is 0 Å². The second-order valence-electron chi connectivity index (χ2n) is 5.71. The van der Waals surface area contributed by atoms with Crippen molar-refractivity contribution in [3.63, 3.8) is 0 Å². The van der Waals surface area contributed by atoms with E-state index in [0.29, 0.717) is 11.1 Å². The van der Waals surface area contributed by atoms with Gasteiger partial charge in [0.15, 0.2) is 0 Å². The van der Waals surface area contributed by atoms with Gasteiger partial charge in [-0.25, -0.2) is 8.78 Å². The summed E-state index contributed by atoms with van der Waals surface area (Å²) in [5.41, 5.74) is -0.141. The Bertz CT molecular complexity index is 686. The number of fused-ring (bicyclic) bond motifs is 2. The number of carbonyl (C=O) groups excluding carboxylic acids is 2. The number of hydrogen-bond donors (Lipinski definition) is 0. The zero-order valence-electron chi connectivity index (χ0n) is 12.1. The minimum absolute atomic E-state index is 0.179. The molecule has 1 unspecified atom stereocenters. The molecule has 1 amide bonds. The molecule has 1 fully saturated rings. The summed E-state index contributed by atoms with van der Waals surface area (Å²) in [5, 5.41) is 0. The fourth-order valence-electron chi connectivity index (χ4n) is 3.07. The summed E-state index contributed by atoms with van der Waals surface area (Å²) in [4.78, 5) is 25.0. The summed E-state index contributed by atoms with van der Waals surface area (Å²) in [6, 6.07) is 4.77. The number of halogens is 2. The van der Waals surface area contributed by atoms with Crippen molar-refractivity contribution in [2.75, 3.05) is 20.2 Å². The number of methoxy groups -OCH3 is 1. The van der Waals surface area contributed by atoms with Crippen LogP contribution in [0, 0.1) is 0 Å². The third-order valence-corrected chi connectivity index (χ3v) is 4.42. The number of amides is 1. The average Bonchev–Trinajstić information content (AvgIpc) is 3.05. The van der Waals surface area contributed by atoms with E-state index in [1.165, 1.54) is 13.2 Å². The third-order valence-electron chi connectivity index (χ3n) is 4.42. The highest BCUT2D eigenvalue weighted by molar-refractivity contribution is 5.99. The Kier molecular flexibility index (Phi) is 3.09. The normalized spacial score (nSPS) is 24.9. The number of carbonyl (C=O) groups is 2. The third kappa shape index (κ3) is 1.94. The molecule has 0 bridgehead atoms. The lowest BCUT2D eigenvalue weighted by atomic mass is 9.84. The van der Waals surface area contributed by atoms with Gasteiger partial charge in [0, 0.05) is 18.5 Å². The molecular weight excluding hydrogens is 292 g/mol. The van der Waals surface area contributed by atoms with E-state index in [0.717, 1.165) is 4.90 Å². The molecule has 22 heavy (non-hydrogen) atoms. The van der Waals surface area contributed by atoms with Crippen LogP contribution in [0.4, 0.5) is 8.78 Å². The van der Waals surface area contributed by atoms with Crippen LogP contribution in [0.2, 0.25) is 0 Å². The second-order valence-corrected chi connectivity index (χ2v) is 5.71. The lowest BCUT2D eigenvalue weighted by molar-refractivity contribution is -0.141. The summed E-state index contributed by atoms with van der Waals surface area (Å²) in [7, 11) is 1.20. The van der Waals surface area contributed by atoms with Crippen LogP contribution in [0.3, 0.4) is 0 Å². The number of esters is 1. The number of rotatable bonds is 3. The maximum Gasteiger partial charge on any atom is 0.325 e. The fraction of sp³-hybridized carbons (Fsp3) is 0.375. The Hall–Kier alpha value is -2.24. The number of ether oxygens (including phenoxy) is 1. The Balaban J connectivity index is 2.07. The minimum Gasteiger partial charge on any atom is -0.468 e. The summed E-state index contributed by atoms with van der Waals surface area (Å²) >= 11 is 0. The van der Waals surface area contributed by atoms with Gasteiger partial charge in [0.25, 0.3) is 11.8 Å². The standard InChI is InChI=1S/C16H15F2NO3/c1-3-10-4-5-11-12(6-10)15(8-16(15,17)18)9-19(14(11)21)7-13(20)22-2/h3-6H,1,7-9H2,2H3. The lowest BCUT2D eigenvalue weighted by Crippen LogP contribution is -2.47. The van der Waals surface area contributed by atoms with E-state index in [1.807, 2.05) is 0 Å². The van der Waals surface area contributed by atoms with Gasteiger partial charge in [-0.05, 0) is 17.2 Å². The van der Waals surface area contributed by atoms with Crippen molar-refractivity contribution in [1.82, 2.24) is 4.90 Å². The molecule has 1 saturated carbocycles. The molecule has 0 aromatic heterocycles. The summed E-state index contributed by atoms with van der Waals surface area (Å²) < 4.78 is 32.6. The van der Waals surface area contributed by atoms with Crippen molar-refractivity contribution in [3.05, 3.63) is 41.5 Å². The fourth-order valence-corrected chi connectivity index (χ4v) is 3.07. The number of nitrogens with zero attached hydrogens (tertiary/aromatic N) is 1. The second kappa shape index (κ2) is 4.63. The molecule has 4 nitrogen and oxygen atoms in total. The molecule has 3 rings (SSSR count). The highest BCUT2D eigenvalue weighted by atomic mass is 19.3. The predicted octanol–water partition coefficient (Wildman–Crippen LogP) is 2.24. The minimum atomic E-state index is -2.88. The van der Waals surface area contributed by atoms with Crippen LogP contribution in [0.5, 0.6) is 0 Å². The smallest absolute Gasteiger partial charge is 0.325 e. The molecule has 116 valence electrons. The Morgan fingerprint density at radius 3 is 2.73 bits per heavy atom. The molecule has 6 heteroatoms. The Morgan fingerprint density at radius 1 is 1.50 bits per heavy atom. The summed E-state index contributed by atoms with van der Waals surface area (Å²) in [6.07, 6.45) is 1.23. The topological polar surface area (TPSA) is 46.6 Å². The van der Waals surface area contributed by atoms with E-state index in [4.69, 9.17) is 0 Å². The number of benzene rings is 1. The quantitative estimate of drug-likeness (QED) is 0.805. The van der Waals surface area contributed by atoms with Crippen LogP contribution in [0.1, 0.15) is 27.9 Å². The van der Waals surface area contributed by atoms with Crippen molar-refractivity contribution >= 4 is 18.0 Å². The monoisotopic (exact) mass is 307 g/mol. The number of hydrogen-bond acceptors (Lipinski definition) is 3. The molecule has 1 aliphatic carbocycles. The molecule has 0 saturated heterocycles. The molecule has 2 aliphatic rings. The molecule has 1 spiro atoms. The van der Waals surface area contributed by atoms with Crippen LogP contribution < -0.4 is 0 Å². The van der Waals surface area contributed by atoms with E-state index in [1.54, 1.807) is 18.2 Å². The number of alkyl halides is 2. The van der Waals surface area contributed by atoms with Gasteiger partial charge in [-0.15, -0.1) is 0 Å². The Labute approximate surface area is 126 Å². The van der Waals surface area contributed by atoms with E-state index in [-0.39, 0.29) is 25.1 Å². The van der Waals surface area contributed by atoms with Gasteiger partial charge < -0.3 is 9.64 Å². The van der Waals surface area contributed by atoms with Gasteiger partial charge in [-0.2, -0.15) is 0 Å². The summed E-state index contributed by atoms with van der Waals surface area (Å²) in [5.74, 6) is -3.93. The van der Waals surface area contributed by atoms with Crippen LogP contribution in [-0.2, 0) is 14.9 Å². The van der Waals surface area contributed by atoms with Gasteiger partial charge >= 0.3 is 5.97 Å². The van der Waals surface area contributed by atoms with Crippen LogP contribution in [-0.4, -0.2) is 42.9 Å². The van der Waals surface area contributed by atoms with E-state index in [9.17, 15) is 18.4 Å². The molecule has 0 N–H and O–H groups in total. The van der Waals surface area contributed by atoms with Crippen LogP contribution >= 0.6 is 0 Å². The maximum absolute atomic E-state index is 14.0. The van der Waals surface area contributed by atoms with Gasteiger partial charge in [-0.1, -0.05) is 24.8 Å². The largest absolute Gasteiger partial charge is 0.468 e. The first-order valence-corrected chi connectivity index (χ1v) is 6.85. The van der Waals surface area contributed by atoms with E-state index < -0.39 is 23.2 Å².